The first-order chi connectivity index (χ1) is 13.7. The van der Waals surface area contributed by atoms with E-state index in [1.165, 1.54) is 64.2 Å². The second-order valence-corrected chi connectivity index (χ2v) is 8.03. The van der Waals surface area contributed by atoms with Crippen LogP contribution in [0.4, 0.5) is 0 Å². The molecule has 1 rings (SSSR count). The normalized spacial score (nSPS) is 23.6. The fourth-order valence-electron chi connectivity index (χ4n) is 3.61. The van der Waals surface area contributed by atoms with Gasteiger partial charge in [-0.1, -0.05) is 70.4 Å². The zero-order valence-corrected chi connectivity index (χ0v) is 17.9. The number of allylic oxidation sites excluding steroid dienone is 2. The van der Waals surface area contributed by atoms with Crippen LogP contribution in [0.3, 0.4) is 0 Å². The van der Waals surface area contributed by atoms with Gasteiger partial charge < -0.3 is 24.8 Å². The van der Waals surface area contributed by atoms with Gasteiger partial charge >= 0.3 is 0 Å². The molecule has 1 saturated heterocycles. The second-order valence-electron chi connectivity index (χ2n) is 8.03. The van der Waals surface area contributed by atoms with Crippen molar-refractivity contribution in [3.8, 4) is 0 Å². The maximum Gasteiger partial charge on any atom is 0.114 e. The number of hydrogen-bond donors (Lipinski definition) is 3. The quantitative estimate of drug-likeness (QED) is 0.238. The zero-order valence-electron chi connectivity index (χ0n) is 17.9. The molecular formula is C23H44O5. The first-order valence-corrected chi connectivity index (χ1v) is 11.6. The number of aliphatic hydroxyl groups excluding tert-OH is 3. The predicted molar refractivity (Wildman–Crippen MR) is 113 cm³/mol. The van der Waals surface area contributed by atoms with E-state index < -0.39 is 24.4 Å². The van der Waals surface area contributed by atoms with E-state index in [4.69, 9.17) is 9.47 Å². The molecule has 5 nitrogen and oxygen atoms in total. The van der Waals surface area contributed by atoms with Crippen LogP contribution in [0.15, 0.2) is 12.2 Å². The molecule has 0 bridgehead atoms. The molecule has 166 valence electrons. The lowest BCUT2D eigenvalue weighted by Gasteiger charge is -2.24. The number of hydrogen-bond acceptors (Lipinski definition) is 5. The van der Waals surface area contributed by atoms with Crippen molar-refractivity contribution in [3.63, 3.8) is 0 Å². The molecule has 0 aromatic heterocycles. The molecule has 5 heteroatoms. The zero-order chi connectivity index (χ0) is 20.5. The van der Waals surface area contributed by atoms with Crippen molar-refractivity contribution in [3.05, 3.63) is 12.2 Å². The molecule has 1 aliphatic rings. The molecule has 0 amide bonds. The van der Waals surface area contributed by atoms with Gasteiger partial charge in [0.1, 0.15) is 24.4 Å². The van der Waals surface area contributed by atoms with E-state index in [2.05, 4.69) is 19.1 Å². The monoisotopic (exact) mass is 400 g/mol. The van der Waals surface area contributed by atoms with Crippen molar-refractivity contribution in [2.24, 2.45) is 0 Å². The molecular weight excluding hydrogens is 356 g/mol. The molecule has 0 radical (unpaired) electrons. The lowest BCUT2D eigenvalue weighted by molar-refractivity contribution is -0.101. The van der Waals surface area contributed by atoms with Gasteiger partial charge in [0.25, 0.3) is 0 Å². The van der Waals surface area contributed by atoms with Crippen LogP contribution in [0, 0.1) is 0 Å². The van der Waals surface area contributed by atoms with Crippen LogP contribution in [-0.2, 0) is 9.47 Å². The minimum absolute atomic E-state index is 0.0954. The molecule has 4 atom stereocenters. The summed E-state index contributed by atoms with van der Waals surface area (Å²) in [6, 6.07) is 0. The highest BCUT2D eigenvalue weighted by molar-refractivity contribution is 4.88. The van der Waals surface area contributed by atoms with Crippen molar-refractivity contribution >= 4 is 0 Å². The third-order valence-corrected chi connectivity index (χ3v) is 5.47. The number of unbranched alkanes of at least 4 members (excludes halogenated alkanes) is 11. The van der Waals surface area contributed by atoms with Crippen LogP contribution in [0.2, 0.25) is 0 Å². The third kappa shape index (κ3) is 11.5. The molecule has 0 aromatic rings. The lowest BCUT2D eigenvalue weighted by atomic mass is 10.1. The van der Waals surface area contributed by atoms with Gasteiger partial charge in [0, 0.05) is 6.61 Å². The van der Waals surface area contributed by atoms with E-state index in [-0.39, 0.29) is 13.2 Å². The summed E-state index contributed by atoms with van der Waals surface area (Å²) in [6.07, 6.45) is 17.9. The summed E-state index contributed by atoms with van der Waals surface area (Å²) in [5, 5.41) is 28.7. The Balaban J connectivity index is 1.88. The molecule has 1 heterocycles. The minimum atomic E-state index is -0.981. The van der Waals surface area contributed by atoms with Crippen LogP contribution >= 0.6 is 0 Å². The summed E-state index contributed by atoms with van der Waals surface area (Å²) in [6.45, 7) is 2.69. The van der Waals surface area contributed by atoms with Gasteiger partial charge in [0.05, 0.1) is 13.2 Å². The Morgan fingerprint density at radius 2 is 1.46 bits per heavy atom. The Kier molecular flexibility index (Phi) is 15.9. The molecule has 3 N–H and O–H groups in total. The molecule has 0 aliphatic carbocycles. The minimum Gasteiger partial charge on any atom is -0.394 e. The Morgan fingerprint density at radius 1 is 0.893 bits per heavy atom. The van der Waals surface area contributed by atoms with E-state index in [0.29, 0.717) is 6.61 Å². The Hall–Kier alpha value is -0.460. The van der Waals surface area contributed by atoms with Crippen molar-refractivity contribution in [2.45, 2.75) is 115 Å². The molecule has 1 fully saturated rings. The van der Waals surface area contributed by atoms with Crippen LogP contribution in [0.1, 0.15) is 90.4 Å². The first-order valence-electron chi connectivity index (χ1n) is 11.6. The highest BCUT2D eigenvalue weighted by Gasteiger charge is 2.40. The average Bonchev–Trinajstić information content (AvgIpc) is 3.03. The summed E-state index contributed by atoms with van der Waals surface area (Å²) in [5.74, 6) is 0. The molecule has 28 heavy (non-hydrogen) atoms. The van der Waals surface area contributed by atoms with Crippen LogP contribution in [-0.4, -0.2) is 59.6 Å². The van der Waals surface area contributed by atoms with Gasteiger partial charge in [-0.3, -0.25) is 0 Å². The topological polar surface area (TPSA) is 79.2 Å². The smallest absolute Gasteiger partial charge is 0.114 e. The van der Waals surface area contributed by atoms with Gasteiger partial charge in [-0.25, -0.2) is 0 Å². The predicted octanol–water partition coefficient (Wildman–Crippen LogP) is 4.13. The van der Waals surface area contributed by atoms with Crippen molar-refractivity contribution in [2.75, 3.05) is 19.8 Å². The Labute approximate surface area is 172 Å². The van der Waals surface area contributed by atoms with Gasteiger partial charge in [-0.15, -0.1) is 0 Å². The van der Waals surface area contributed by atoms with Gasteiger partial charge in [0.2, 0.25) is 0 Å². The maximum atomic E-state index is 9.82. The molecule has 1 aliphatic heterocycles. The number of ether oxygens (including phenoxy) is 2. The third-order valence-electron chi connectivity index (χ3n) is 5.47. The van der Waals surface area contributed by atoms with Crippen molar-refractivity contribution < 1.29 is 24.8 Å². The average molecular weight is 401 g/mol. The van der Waals surface area contributed by atoms with Crippen LogP contribution in [0.25, 0.3) is 0 Å². The fourth-order valence-corrected chi connectivity index (χ4v) is 3.61. The summed E-state index contributed by atoms with van der Waals surface area (Å²) < 4.78 is 11.0. The van der Waals surface area contributed by atoms with Crippen LogP contribution < -0.4 is 0 Å². The Morgan fingerprint density at radius 3 is 2.00 bits per heavy atom. The summed E-state index contributed by atoms with van der Waals surface area (Å²) >= 11 is 0. The second kappa shape index (κ2) is 17.4. The number of rotatable bonds is 18. The molecule has 0 spiro atoms. The fraction of sp³-hybridized carbons (Fsp3) is 0.913. The van der Waals surface area contributed by atoms with Gasteiger partial charge in [-0.2, -0.15) is 0 Å². The first kappa shape index (κ1) is 25.6. The van der Waals surface area contributed by atoms with Crippen molar-refractivity contribution in [1.82, 2.24) is 0 Å². The highest BCUT2D eigenvalue weighted by Crippen LogP contribution is 2.20. The van der Waals surface area contributed by atoms with Crippen molar-refractivity contribution in [1.29, 1.82) is 0 Å². The molecule has 0 aromatic carbocycles. The van der Waals surface area contributed by atoms with Gasteiger partial charge in [0.15, 0.2) is 0 Å². The van der Waals surface area contributed by atoms with E-state index in [9.17, 15) is 15.3 Å². The van der Waals surface area contributed by atoms with E-state index >= 15 is 0 Å². The molecule has 0 unspecified atom stereocenters. The van der Waals surface area contributed by atoms with E-state index in [0.717, 1.165) is 19.3 Å². The largest absolute Gasteiger partial charge is 0.394 e. The van der Waals surface area contributed by atoms with E-state index in [1.54, 1.807) is 0 Å². The number of aliphatic hydroxyl groups is 3. The SMILES string of the molecule is CCCCCCCCC/C=C/CCCCCCO[C@@H](CO)[C@H]1OC[C@@H](O)[C@H]1O. The highest BCUT2D eigenvalue weighted by atomic mass is 16.6. The standard InChI is InChI=1S/C23H44O5/c1-2-3-4-5-6-7-8-9-10-11-12-13-14-15-16-17-27-21(18-24)23-22(26)20(25)19-28-23/h10-11,20-26H,2-9,12-19H2,1H3/b11-10+/t20-,21+,22-,23-/m1/s1. The maximum absolute atomic E-state index is 9.82. The lowest BCUT2D eigenvalue weighted by Crippen LogP contribution is -2.42. The summed E-state index contributed by atoms with van der Waals surface area (Å²) in [7, 11) is 0. The molecule has 0 saturated carbocycles. The van der Waals surface area contributed by atoms with Crippen LogP contribution in [0.5, 0.6) is 0 Å². The summed E-state index contributed by atoms with van der Waals surface area (Å²) in [5.41, 5.74) is 0. The Bertz CT molecular complexity index is 374. The van der Waals surface area contributed by atoms with Gasteiger partial charge in [-0.05, 0) is 32.1 Å². The summed E-state index contributed by atoms with van der Waals surface area (Å²) in [4.78, 5) is 0. The van der Waals surface area contributed by atoms with E-state index in [1.807, 2.05) is 0 Å².